The molecule has 0 bridgehead atoms. The first-order chi connectivity index (χ1) is 14.4. The molecule has 30 heavy (non-hydrogen) atoms. The van der Waals surface area contributed by atoms with Crippen molar-refractivity contribution in [2.45, 2.75) is 122 Å². The summed E-state index contributed by atoms with van der Waals surface area (Å²) in [6.45, 7) is 3.99. The molecule has 0 saturated carbocycles. The van der Waals surface area contributed by atoms with Crippen LogP contribution in [0.2, 0.25) is 0 Å². The number of hydrogen-bond acceptors (Lipinski definition) is 3. The summed E-state index contributed by atoms with van der Waals surface area (Å²) >= 11 is 0. The van der Waals surface area contributed by atoms with Crippen LogP contribution in [0.1, 0.15) is 116 Å². The lowest BCUT2D eigenvalue weighted by Crippen LogP contribution is -2.53. The zero-order valence-electron chi connectivity index (χ0n) is 20.3. The molecule has 1 aliphatic rings. The van der Waals surface area contributed by atoms with Gasteiger partial charge in [0.05, 0.1) is 27.2 Å². The van der Waals surface area contributed by atoms with Gasteiger partial charge in [0.2, 0.25) is 0 Å². The van der Waals surface area contributed by atoms with E-state index >= 15 is 0 Å². The highest BCUT2D eigenvalue weighted by Crippen LogP contribution is 2.44. The SMILES string of the molecule is CCCCCCCCCCCCCCCCOP(=O)(O)OCC1CCCC[N+]1(C)C. The van der Waals surface area contributed by atoms with Crippen molar-refractivity contribution in [2.24, 2.45) is 0 Å². The predicted octanol–water partition coefficient (Wildman–Crippen LogP) is 7.23. The predicted molar refractivity (Wildman–Crippen MR) is 127 cm³/mol. The van der Waals surface area contributed by atoms with Crippen molar-refractivity contribution in [3.05, 3.63) is 0 Å². The second kappa shape index (κ2) is 16.7. The van der Waals surface area contributed by atoms with Gasteiger partial charge in [-0.1, -0.05) is 90.4 Å². The molecule has 1 saturated heterocycles. The molecule has 1 fully saturated rings. The number of phosphoric ester groups is 1. The van der Waals surface area contributed by atoms with E-state index < -0.39 is 7.82 Å². The van der Waals surface area contributed by atoms with Gasteiger partial charge < -0.3 is 9.38 Å². The molecule has 0 amide bonds. The summed E-state index contributed by atoms with van der Waals surface area (Å²) < 4.78 is 23.4. The number of unbranched alkanes of at least 4 members (excludes halogenated alkanes) is 13. The third-order valence-corrected chi connectivity index (χ3v) is 7.68. The molecular weight excluding hydrogens is 397 g/mol. The monoisotopic (exact) mass is 448 g/mol. The molecule has 180 valence electrons. The largest absolute Gasteiger partial charge is 0.472 e. The fourth-order valence-electron chi connectivity index (χ4n) is 4.41. The average Bonchev–Trinajstić information content (AvgIpc) is 2.69. The number of piperidine rings is 1. The van der Waals surface area contributed by atoms with E-state index in [4.69, 9.17) is 9.05 Å². The standard InChI is InChI=1S/C24H50NO4P/c1-4-5-6-7-8-9-10-11-12-13-14-15-16-19-22-28-30(26,27)29-23-24-20-17-18-21-25(24,2)3/h24H,4-23H2,1-3H3/p+1. The summed E-state index contributed by atoms with van der Waals surface area (Å²) in [6.07, 6.45) is 21.6. The van der Waals surface area contributed by atoms with Gasteiger partial charge in [0, 0.05) is 6.42 Å². The van der Waals surface area contributed by atoms with E-state index in [0.29, 0.717) is 13.2 Å². The Balaban J connectivity index is 1.90. The normalized spacial score (nSPS) is 20.9. The van der Waals surface area contributed by atoms with Crippen LogP contribution in [0.25, 0.3) is 0 Å². The van der Waals surface area contributed by atoms with Crippen LogP contribution < -0.4 is 0 Å². The van der Waals surface area contributed by atoms with Gasteiger partial charge in [-0.3, -0.25) is 9.05 Å². The number of nitrogens with zero attached hydrogens (tertiary/aromatic N) is 1. The van der Waals surface area contributed by atoms with E-state index in [0.717, 1.165) is 30.3 Å². The van der Waals surface area contributed by atoms with Crippen LogP contribution >= 0.6 is 7.82 Å². The van der Waals surface area contributed by atoms with Gasteiger partial charge in [-0.05, 0) is 19.3 Å². The Hall–Kier alpha value is 0.0700. The van der Waals surface area contributed by atoms with Gasteiger partial charge in [-0.25, -0.2) is 4.57 Å². The molecule has 2 unspecified atom stereocenters. The molecular formula is C24H51NO4P+. The highest BCUT2D eigenvalue weighted by Gasteiger charge is 2.34. The minimum atomic E-state index is -3.91. The van der Waals surface area contributed by atoms with Crippen LogP contribution in [0.15, 0.2) is 0 Å². The van der Waals surface area contributed by atoms with Gasteiger partial charge in [0.1, 0.15) is 12.6 Å². The van der Waals surface area contributed by atoms with Crippen LogP contribution in [0.4, 0.5) is 0 Å². The van der Waals surface area contributed by atoms with Crippen molar-refractivity contribution in [1.29, 1.82) is 0 Å². The van der Waals surface area contributed by atoms with Gasteiger partial charge in [-0.15, -0.1) is 0 Å². The maximum atomic E-state index is 12.1. The Kier molecular flexibility index (Phi) is 15.6. The van der Waals surface area contributed by atoms with E-state index in [9.17, 15) is 9.46 Å². The van der Waals surface area contributed by atoms with Crippen molar-refractivity contribution in [2.75, 3.05) is 33.9 Å². The van der Waals surface area contributed by atoms with E-state index in [1.165, 1.54) is 89.9 Å². The van der Waals surface area contributed by atoms with Crippen LogP contribution in [0.3, 0.4) is 0 Å². The summed E-state index contributed by atoms with van der Waals surface area (Å²) in [5.41, 5.74) is 0. The first-order valence-electron chi connectivity index (χ1n) is 12.8. The first-order valence-corrected chi connectivity index (χ1v) is 14.3. The topological polar surface area (TPSA) is 55.8 Å². The highest BCUT2D eigenvalue weighted by atomic mass is 31.2. The molecule has 1 N–H and O–H groups in total. The number of phosphoric acid groups is 1. The van der Waals surface area contributed by atoms with Crippen molar-refractivity contribution >= 4 is 7.82 Å². The second-order valence-electron chi connectivity index (χ2n) is 9.85. The van der Waals surface area contributed by atoms with Crippen LogP contribution in [-0.4, -0.2) is 49.3 Å². The Morgan fingerprint density at radius 2 is 1.30 bits per heavy atom. The molecule has 0 aliphatic carbocycles. The van der Waals surface area contributed by atoms with E-state index in [1.807, 2.05) is 0 Å². The fraction of sp³-hybridized carbons (Fsp3) is 1.00. The Labute approximate surface area is 187 Å². The Morgan fingerprint density at radius 3 is 1.80 bits per heavy atom. The van der Waals surface area contributed by atoms with E-state index in [1.54, 1.807) is 0 Å². The lowest BCUT2D eigenvalue weighted by atomic mass is 10.0. The van der Waals surface area contributed by atoms with Crippen molar-refractivity contribution < 1.29 is 23.0 Å². The fourth-order valence-corrected chi connectivity index (χ4v) is 5.21. The average molecular weight is 449 g/mol. The lowest BCUT2D eigenvalue weighted by molar-refractivity contribution is -0.920. The minimum absolute atomic E-state index is 0.281. The maximum Gasteiger partial charge on any atom is 0.472 e. The third-order valence-electron chi connectivity index (χ3n) is 6.69. The molecule has 2 atom stereocenters. The molecule has 0 spiro atoms. The van der Waals surface area contributed by atoms with Crippen molar-refractivity contribution in [3.63, 3.8) is 0 Å². The molecule has 0 aromatic carbocycles. The number of rotatable bonds is 19. The van der Waals surface area contributed by atoms with E-state index in [2.05, 4.69) is 21.0 Å². The summed E-state index contributed by atoms with van der Waals surface area (Å²) in [5.74, 6) is 0. The smallest absolute Gasteiger partial charge is 0.324 e. The van der Waals surface area contributed by atoms with Crippen LogP contribution in [0.5, 0.6) is 0 Å². The summed E-state index contributed by atoms with van der Waals surface area (Å²) in [7, 11) is 0.431. The Bertz CT molecular complexity index is 458. The van der Waals surface area contributed by atoms with E-state index in [-0.39, 0.29) is 6.04 Å². The van der Waals surface area contributed by atoms with Gasteiger partial charge in [-0.2, -0.15) is 0 Å². The van der Waals surface area contributed by atoms with Crippen molar-refractivity contribution in [3.8, 4) is 0 Å². The third kappa shape index (κ3) is 14.2. The van der Waals surface area contributed by atoms with Gasteiger partial charge in [0.25, 0.3) is 0 Å². The minimum Gasteiger partial charge on any atom is -0.324 e. The molecule has 0 aromatic rings. The molecule has 0 radical (unpaired) electrons. The van der Waals surface area contributed by atoms with Crippen LogP contribution in [-0.2, 0) is 13.6 Å². The lowest BCUT2D eigenvalue weighted by Gasteiger charge is -2.41. The zero-order valence-corrected chi connectivity index (χ0v) is 21.2. The van der Waals surface area contributed by atoms with Crippen LogP contribution in [0, 0.1) is 0 Å². The van der Waals surface area contributed by atoms with Crippen molar-refractivity contribution in [1.82, 2.24) is 0 Å². The number of likely N-dealkylation sites (tertiary alicyclic amines) is 1. The molecule has 5 nitrogen and oxygen atoms in total. The quantitative estimate of drug-likeness (QED) is 0.129. The zero-order chi connectivity index (χ0) is 22.1. The molecule has 1 rings (SSSR count). The highest BCUT2D eigenvalue weighted by molar-refractivity contribution is 7.47. The maximum absolute atomic E-state index is 12.1. The van der Waals surface area contributed by atoms with Gasteiger partial charge in [0.15, 0.2) is 0 Å². The summed E-state index contributed by atoms with van der Waals surface area (Å²) in [5, 5.41) is 0. The number of quaternary nitrogens is 1. The van der Waals surface area contributed by atoms with Gasteiger partial charge >= 0.3 is 7.82 Å². The number of hydrogen-bond donors (Lipinski definition) is 1. The Morgan fingerprint density at radius 1 is 0.800 bits per heavy atom. The summed E-state index contributed by atoms with van der Waals surface area (Å²) in [6, 6.07) is 0.281. The molecule has 6 heteroatoms. The first kappa shape index (κ1) is 28.1. The molecule has 1 aliphatic heterocycles. The number of likely N-dealkylation sites (N-methyl/N-ethyl adjacent to an activating group) is 1. The summed E-state index contributed by atoms with van der Waals surface area (Å²) in [4.78, 5) is 9.92. The molecule has 0 aromatic heterocycles. The second-order valence-corrected chi connectivity index (χ2v) is 11.3. The molecule has 1 heterocycles.